The van der Waals surface area contributed by atoms with Gasteiger partial charge >= 0.3 is 0 Å². The van der Waals surface area contributed by atoms with E-state index < -0.39 is 0 Å². The van der Waals surface area contributed by atoms with Crippen molar-refractivity contribution in [2.75, 3.05) is 36.5 Å². The van der Waals surface area contributed by atoms with Crippen molar-refractivity contribution in [2.45, 2.75) is 45.1 Å². The van der Waals surface area contributed by atoms with Gasteiger partial charge in [-0.1, -0.05) is 30.7 Å². The first-order valence-corrected chi connectivity index (χ1v) is 10.9. The molecule has 0 bridgehead atoms. The number of ketones is 1. The molecular formula is C23H28ClN5O2. The van der Waals surface area contributed by atoms with E-state index in [-0.39, 0.29) is 17.8 Å². The minimum absolute atomic E-state index is 0.0336. The van der Waals surface area contributed by atoms with Crippen LogP contribution in [0.2, 0.25) is 5.02 Å². The van der Waals surface area contributed by atoms with Crippen LogP contribution in [0.5, 0.6) is 5.75 Å². The van der Waals surface area contributed by atoms with Gasteiger partial charge in [0.25, 0.3) is 0 Å². The first-order chi connectivity index (χ1) is 14.9. The molecule has 0 aliphatic carbocycles. The van der Waals surface area contributed by atoms with Crippen LogP contribution in [0.1, 0.15) is 44.6 Å². The van der Waals surface area contributed by atoms with Crippen molar-refractivity contribution in [1.29, 1.82) is 5.26 Å². The lowest BCUT2D eigenvalue weighted by Gasteiger charge is -2.22. The van der Waals surface area contributed by atoms with E-state index in [1.54, 1.807) is 13.1 Å². The van der Waals surface area contributed by atoms with Crippen LogP contribution in [0, 0.1) is 11.3 Å². The van der Waals surface area contributed by atoms with E-state index in [0.29, 0.717) is 42.7 Å². The van der Waals surface area contributed by atoms with Gasteiger partial charge in [0.15, 0.2) is 5.82 Å². The fourth-order valence-electron chi connectivity index (χ4n) is 3.71. The zero-order valence-electron chi connectivity index (χ0n) is 18.2. The summed E-state index contributed by atoms with van der Waals surface area (Å²) in [5.41, 5.74) is 1.14. The van der Waals surface area contributed by atoms with Gasteiger partial charge in [0.2, 0.25) is 5.95 Å². The number of aromatic nitrogens is 2. The molecule has 2 heterocycles. The number of nitrogens with zero attached hydrogens (tertiary/aromatic N) is 5. The molecule has 1 aliphatic heterocycles. The van der Waals surface area contributed by atoms with E-state index in [9.17, 15) is 4.79 Å². The lowest BCUT2D eigenvalue weighted by molar-refractivity contribution is -0.117. The summed E-state index contributed by atoms with van der Waals surface area (Å²) in [6.07, 6.45) is 3.46. The summed E-state index contributed by atoms with van der Waals surface area (Å²) in [7, 11) is 1.86. The first kappa shape index (κ1) is 22.8. The monoisotopic (exact) mass is 441 g/mol. The number of ether oxygens (including phenoxy) is 1. The quantitative estimate of drug-likeness (QED) is 0.576. The van der Waals surface area contributed by atoms with E-state index in [0.717, 1.165) is 24.3 Å². The van der Waals surface area contributed by atoms with Gasteiger partial charge in [-0.3, -0.25) is 0 Å². The molecule has 31 heavy (non-hydrogen) atoms. The van der Waals surface area contributed by atoms with Crippen LogP contribution in [0.15, 0.2) is 30.5 Å². The van der Waals surface area contributed by atoms with Gasteiger partial charge in [0.1, 0.15) is 22.7 Å². The SMILES string of the molecule is CC(=O)C[C@@H](C)c1ccc(O[C@@H]2CCN(c3nc(N(C)CCC#N)ncc3Cl)C2)cc1. The standard InChI is InChI=1S/C23H28ClN5O2/c1-16(13-17(2)30)18-5-7-19(8-6-18)31-20-9-12-29(15-20)22-21(24)14-26-23(27-22)28(3)11-4-10-25/h5-8,14,16,20H,4,9,11-13,15H2,1-3H3/t16-,20-/m1/s1. The van der Waals surface area contributed by atoms with Crippen LogP contribution in [0.25, 0.3) is 0 Å². The molecule has 7 nitrogen and oxygen atoms in total. The van der Waals surface area contributed by atoms with Crippen molar-refractivity contribution in [1.82, 2.24) is 9.97 Å². The molecule has 0 spiro atoms. The minimum Gasteiger partial charge on any atom is -0.489 e. The van der Waals surface area contributed by atoms with Crippen molar-refractivity contribution in [3.8, 4) is 11.8 Å². The van der Waals surface area contributed by atoms with Gasteiger partial charge in [-0.05, 0) is 30.5 Å². The molecule has 1 aromatic carbocycles. The lowest BCUT2D eigenvalue weighted by Crippen LogP contribution is -2.27. The molecule has 1 aromatic heterocycles. The highest BCUT2D eigenvalue weighted by Crippen LogP contribution is 2.30. The number of Topliss-reactive ketones (excluding diaryl/α,β-unsaturated/α-hetero) is 1. The van der Waals surface area contributed by atoms with E-state index in [2.05, 4.69) is 27.9 Å². The topological polar surface area (TPSA) is 82.4 Å². The Labute approximate surface area is 188 Å². The molecule has 2 atom stereocenters. The third kappa shape index (κ3) is 6.08. The fraction of sp³-hybridized carbons (Fsp3) is 0.478. The normalized spacial score (nSPS) is 16.6. The molecule has 3 rings (SSSR count). The summed E-state index contributed by atoms with van der Waals surface area (Å²) in [5.74, 6) is 2.45. The number of benzene rings is 1. The van der Waals surface area contributed by atoms with Crippen LogP contribution < -0.4 is 14.5 Å². The summed E-state index contributed by atoms with van der Waals surface area (Å²) in [5, 5.41) is 9.29. The number of nitriles is 1. The van der Waals surface area contributed by atoms with Crippen LogP contribution in [0.3, 0.4) is 0 Å². The Kier molecular flexibility index (Phi) is 7.69. The molecule has 8 heteroatoms. The Balaban J connectivity index is 1.61. The number of rotatable bonds is 9. The second kappa shape index (κ2) is 10.5. The molecule has 1 saturated heterocycles. The van der Waals surface area contributed by atoms with Crippen LogP contribution in [0.4, 0.5) is 11.8 Å². The van der Waals surface area contributed by atoms with Gasteiger partial charge in [-0.15, -0.1) is 0 Å². The summed E-state index contributed by atoms with van der Waals surface area (Å²) in [6, 6.07) is 10.1. The number of carbonyl (C=O) groups excluding carboxylic acids is 1. The highest BCUT2D eigenvalue weighted by atomic mass is 35.5. The van der Waals surface area contributed by atoms with Crippen LogP contribution in [-0.4, -0.2) is 48.5 Å². The molecule has 164 valence electrons. The van der Waals surface area contributed by atoms with E-state index in [4.69, 9.17) is 21.6 Å². The Hall–Kier alpha value is -2.85. The Bertz CT molecular complexity index is 944. The Morgan fingerprint density at radius 1 is 1.42 bits per heavy atom. The lowest BCUT2D eigenvalue weighted by atomic mass is 9.96. The molecule has 0 amide bonds. The predicted molar refractivity (Wildman–Crippen MR) is 122 cm³/mol. The highest BCUT2D eigenvalue weighted by Gasteiger charge is 2.27. The van der Waals surface area contributed by atoms with E-state index in [1.165, 1.54) is 0 Å². The average Bonchev–Trinajstić information content (AvgIpc) is 3.20. The van der Waals surface area contributed by atoms with Crippen molar-refractivity contribution in [2.24, 2.45) is 0 Å². The predicted octanol–water partition coefficient (Wildman–Crippen LogP) is 4.22. The number of carbonyl (C=O) groups is 1. The molecule has 0 radical (unpaired) electrons. The Morgan fingerprint density at radius 3 is 2.84 bits per heavy atom. The van der Waals surface area contributed by atoms with Gasteiger partial charge in [-0.2, -0.15) is 10.2 Å². The number of halogens is 1. The third-order valence-electron chi connectivity index (χ3n) is 5.40. The number of anilines is 2. The second-order valence-electron chi connectivity index (χ2n) is 8.02. The van der Waals surface area contributed by atoms with Crippen LogP contribution in [-0.2, 0) is 4.79 Å². The van der Waals surface area contributed by atoms with Gasteiger partial charge in [0.05, 0.1) is 25.2 Å². The summed E-state index contributed by atoms with van der Waals surface area (Å²) >= 11 is 6.37. The van der Waals surface area contributed by atoms with Crippen LogP contribution >= 0.6 is 11.6 Å². The van der Waals surface area contributed by atoms with Gasteiger partial charge < -0.3 is 19.3 Å². The second-order valence-corrected chi connectivity index (χ2v) is 8.43. The molecule has 1 fully saturated rings. The summed E-state index contributed by atoms with van der Waals surface area (Å²) in [6.45, 7) is 5.71. The van der Waals surface area contributed by atoms with Gasteiger partial charge in [-0.25, -0.2) is 4.98 Å². The highest BCUT2D eigenvalue weighted by molar-refractivity contribution is 6.32. The smallest absolute Gasteiger partial charge is 0.227 e. The van der Waals surface area contributed by atoms with E-state index in [1.807, 2.05) is 36.2 Å². The van der Waals surface area contributed by atoms with Crippen molar-refractivity contribution in [3.05, 3.63) is 41.0 Å². The molecule has 0 unspecified atom stereocenters. The van der Waals surface area contributed by atoms with E-state index >= 15 is 0 Å². The molecule has 0 N–H and O–H groups in total. The molecule has 1 aliphatic rings. The third-order valence-corrected chi connectivity index (χ3v) is 5.67. The van der Waals surface area contributed by atoms with Crippen molar-refractivity contribution >= 4 is 29.2 Å². The maximum atomic E-state index is 11.3. The zero-order valence-corrected chi connectivity index (χ0v) is 19.0. The average molecular weight is 442 g/mol. The molecule has 0 saturated carbocycles. The van der Waals surface area contributed by atoms with Gasteiger partial charge in [0, 0.05) is 33.0 Å². The molecular weight excluding hydrogens is 414 g/mol. The molecule has 2 aromatic rings. The largest absolute Gasteiger partial charge is 0.489 e. The zero-order chi connectivity index (χ0) is 22.4. The number of hydrogen-bond donors (Lipinski definition) is 0. The maximum absolute atomic E-state index is 11.3. The number of hydrogen-bond acceptors (Lipinski definition) is 7. The fourth-order valence-corrected chi connectivity index (χ4v) is 3.92. The van der Waals surface area contributed by atoms with Crippen molar-refractivity contribution in [3.63, 3.8) is 0 Å². The maximum Gasteiger partial charge on any atom is 0.227 e. The summed E-state index contributed by atoms with van der Waals surface area (Å²) in [4.78, 5) is 24.2. The van der Waals surface area contributed by atoms with Crippen molar-refractivity contribution < 1.29 is 9.53 Å². The first-order valence-electron chi connectivity index (χ1n) is 10.5. The minimum atomic E-state index is 0.0336. The Morgan fingerprint density at radius 2 is 2.16 bits per heavy atom. The summed E-state index contributed by atoms with van der Waals surface area (Å²) < 4.78 is 6.17.